The topological polar surface area (TPSA) is 151 Å². The molecule has 0 radical (unpaired) electrons. The number of rotatable bonds is 8. The highest BCUT2D eigenvalue weighted by Gasteiger charge is 2.30. The normalized spacial score (nSPS) is 15.3. The fraction of sp³-hybridized carbons (Fsp3) is 0.417. The van der Waals surface area contributed by atoms with Gasteiger partial charge in [-0.3, -0.25) is 14.9 Å². The van der Waals surface area contributed by atoms with E-state index in [2.05, 4.69) is 17.0 Å². The summed E-state index contributed by atoms with van der Waals surface area (Å²) in [6.07, 6.45) is 1.07. The number of nitrogens with zero attached hydrogens (tertiary/aromatic N) is 1. The molecule has 1 heterocycles. The first-order valence-electron chi connectivity index (χ1n) is 11.3. The van der Waals surface area contributed by atoms with Gasteiger partial charge in [0.05, 0.1) is 35.3 Å². The number of nitro benzene ring substituents is 1. The van der Waals surface area contributed by atoms with E-state index in [1.165, 1.54) is 18.3 Å². The number of fused-ring (bicyclic) bond motifs is 1. The van der Waals surface area contributed by atoms with Gasteiger partial charge in [-0.1, -0.05) is 6.92 Å². The van der Waals surface area contributed by atoms with E-state index < -0.39 is 40.5 Å². The van der Waals surface area contributed by atoms with E-state index in [1.807, 2.05) is 0 Å². The SMILES string of the molecule is CCOC(=O)c1c(NC(=O)C(C)OC(=O)c2cc(C(=O)OC)cc([N+](=O)[O-])c2)sc2c1CCC(C)C2. The molecule has 1 aliphatic rings. The summed E-state index contributed by atoms with van der Waals surface area (Å²) in [5.41, 5.74) is 0.158. The van der Waals surface area contributed by atoms with E-state index in [9.17, 15) is 29.3 Å². The lowest BCUT2D eigenvalue weighted by Gasteiger charge is -2.18. The van der Waals surface area contributed by atoms with Crippen molar-refractivity contribution >= 4 is 45.8 Å². The molecule has 0 bridgehead atoms. The number of carbonyl (C=O) groups excluding carboxylic acids is 4. The van der Waals surface area contributed by atoms with Gasteiger partial charge in [0.25, 0.3) is 11.6 Å². The minimum absolute atomic E-state index is 0.179. The van der Waals surface area contributed by atoms with E-state index in [4.69, 9.17) is 9.47 Å². The fourth-order valence-corrected chi connectivity index (χ4v) is 5.23. The summed E-state index contributed by atoms with van der Waals surface area (Å²) in [5, 5.41) is 14.2. The molecule has 3 rings (SSSR count). The Balaban J connectivity index is 1.81. The third-order valence-electron chi connectivity index (χ3n) is 5.67. The number of ether oxygens (including phenoxy) is 3. The van der Waals surface area contributed by atoms with E-state index in [1.54, 1.807) is 6.92 Å². The number of non-ortho nitro benzene ring substituents is 1. The van der Waals surface area contributed by atoms with E-state index in [-0.39, 0.29) is 17.7 Å². The summed E-state index contributed by atoms with van der Waals surface area (Å²) in [6, 6.07) is 2.99. The number of hydrogen-bond donors (Lipinski definition) is 1. The van der Waals surface area contributed by atoms with Crippen LogP contribution in [0, 0.1) is 16.0 Å². The number of amides is 1. The van der Waals surface area contributed by atoms with Crippen molar-refractivity contribution in [3.05, 3.63) is 55.4 Å². The predicted molar refractivity (Wildman–Crippen MR) is 129 cm³/mol. The van der Waals surface area contributed by atoms with Crippen molar-refractivity contribution in [1.29, 1.82) is 0 Å². The van der Waals surface area contributed by atoms with Crippen LogP contribution in [0.1, 0.15) is 68.7 Å². The van der Waals surface area contributed by atoms with Crippen molar-refractivity contribution < 1.29 is 38.3 Å². The molecule has 0 aliphatic heterocycles. The molecule has 2 atom stereocenters. The monoisotopic (exact) mass is 518 g/mol. The molecule has 0 saturated carbocycles. The van der Waals surface area contributed by atoms with Gasteiger partial charge in [-0.05, 0) is 50.7 Å². The third-order valence-corrected chi connectivity index (χ3v) is 6.84. The number of benzene rings is 1. The highest BCUT2D eigenvalue weighted by Crippen LogP contribution is 2.40. The third kappa shape index (κ3) is 5.88. The Morgan fingerprint density at radius 3 is 2.44 bits per heavy atom. The molecule has 1 amide bonds. The van der Waals surface area contributed by atoms with E-state index in [0.29, 0.717) is 22.9 Å². The molecule has 1 N–H and O–H groups in total. The van der Waals surface area contributed by atoms with Crippen LogP contribution < -0.4 is 5.32 Å². The van der Waals surface area contributed by atoms with Gasteiger partial charge in [-0.2, -0.15) is 0 Å². The summed E-state index contributed by atoms with van der Waals surface area (Å²) in [4.78, 5) is 61.5. The standard InChI is InChI=1S/C24H26N2O9S/c1-5-34-24(30)19-17-7-6-12(2)8-18(17)36-21(19)25-20(27)13(3)35-23(29)15-9-14(22(28)33-4)10-16(11-15)26(31)32/h9-13H,5-8H2,1-4H3,(H,25,27). The van der Waals surface area contributed by atoms with Crippen LogP contribution in [0.5, 0.6) is 0 Å². The minimum atomic E-state index is -1.31. The second-order valence-electron chi connectivity index (χ2n) is 8.33. The molecule has 0 saturated heterocycles. The number of anilines is 1. The first-order valence-corrected chi connectivity index (χ1v) is 12.1. The number of carbonyl (C=O) groups is 4. The van der Waals surface area contributed by atoms with Crippen molar-refractivity contribution in [1.82, 2.24) is 0 Å². The molecule has 36 heavy (non-hydrogen) atoms. The lowest BCUT2D eigenvalue weighted by atomic mass is 9.88. The fourth-order valence-electron chi connectivity index (χ4n) is 3.82. The van der Waals surface area contributed by atoms with Gasteiger partial charge in [0.15, 0.2) is 6.10 Å². The van der Waals surface area contributed by atoms with E-state index in [0.717, 1.165) is 48.6 Å². The molecule has 1 aliphatic carbocycles. The van der Waals surface area contributed by atoms with Gasteiger partial charge < -0.3 is 19.5 Å². The number of methoxy groups -OCH3 is 1. The van der Waals surface area contributed by atoms with Crippen LogP contribution in [0.15, 0.2) is 18.2 Å². The zero-order valence-corrected chi connectivity index (χ0v) is 21.1. The summed E-state index contributed by atoms with van der Waals surface area (Å²) >= 11 is 1.29. The van der Waals surface area contributed by atoms with Crippen molar-refractivity contribution in [2.45, 2.75) is 46.1 Å². The average Bonchev–Trinajstić information content (AvgIpc) is 3.19. The number of esters is 3. The van der Waals surface area contributed by atoms with Crippen molar-refractivity contribution in [2.24, 2.45) is 5.92 Å². The number of nitro groups is 1. The van der Waals surface area contributed by atoms with Crippen molar-refractivity contribution in [2.75, 3.05) is 19.0 Å². The summed E-state index contributed by atoms with van der Waals surface area (Å²) in [5.74, 6) is -2.70. The predicted octanol–water partition coefficient (Wildman–Crippen LogP) is 3.93. The molecule has 1 aromatic heterocycles. The quantitative estimate of drug-likeness (QED) is 0.237. The minimum Gasteiger partial charge on any atom is -0.465 e. The highest BCUT2D eigenvalue weighted by molar-refractivity contribution is 7.17. The van der Waals surface area contributed by atoms with Gasteiger partial charge >= 0.3 is 17.9 Å². The first kappa shape index (κ1) is 26.8. The molecule has 1 aromatic carbocycles. The van der Waals surface area contributed by atoms with Crippen LogP contribution in [0.3, 0.4) is 0 Å². The Kier molecular flexibility index (Phi) is 8.41. The lowest BCUT2D eigenvalue weighted by molar-refractivity contribution is -0.384. The number of thiophene rings is 1. The second-order valence-corrected chi connectivity index (χ2v) is 9.44. The van der Waals surface area contributed by atoms with Gasteiger partial charge in [-0.25, -0.2) is 14.4 Å². The Morgan fingerprint density at radius 2 is 1.83 bits per heavy atom. The molecule has 11 nitrogen and oxygen atoms in total. The number of hydrogen-bond acceptors (Lipinski definition) is 10. The molecule has 2 aromatic rings. The average molecular weight is 519 g/mol. The van der Waals surface area contributed by atoms with Gasteiger partial charge in [-0.15, -0.1) is 11.3 Å². The zero-order valence-electron chi connectivity index (χ0n) is 20.2. The van der Waals surface area contributed by atoms with Gasteiger partial charge in [0, 0.05) is 17.0 Å². The van der Waals surface area contributed by atoms with Crippen LogP contribution in [0.2, 0.25) is 0 Å². The van der Waals surface area contributed by atoms with Crippen LogP contribution in [0.4, 0.5) is 10.7 Å². The summed E-state index contributed by atoms with van der Waals surface area (Å²) < 4.78 is 15.0. The second kappa shape index (κ2) is 11.3. The van der Waals surface area contributed by atoms with Crippen LogP contribution in [0.25, 0.3) is 0 Å². The maximum Gasteiger partial charge on any atom is 0.341 e. The summed E-state index contributed by atoms with van der Waals surface area (Å²) in [6.45, 7) is 5.31. The zero-order chi connectivity index (χ0) is 26.6. The lowest BCUT2D eigenvalue weighted by Crippen LogP contribution is -2.30. The van der Waals surface area contributed by atoms with E-state index >= 15 is 0 Å². The van der Waals surface area contributed by atoms with Crippen molar-refractivity contribution in [3.8, 4) is 0 Å². The number of nitrogens with one attached hydrogen (secondary N) is 1. The maximum absolute atomic E-state index is 12.9. The molecule has 192 valence electrons. The van der Waals surface area contributed by atoms with Crippen LogP contribution >= 0.6 is 11.3 Å². The smallest absolute Gasteiger partial charge is 0.341 e. The highest BCUT2D eigenvalue weighted by atomic mass is 32.1. The molecular weight excluding hydrogens is 492 g/mol. The Hall–Kier alpha value is -3.80. The summed E-state index contributed by atoms with van der Waals surface area (Å²) in [7, 11) is 1.10. The molecule has 12 heteroatoms. The van der Waals surface area contributed by atoms with Gasteiger partial charge in [0.1, 0.15) is 5.00 Å². The van der Waals surface area contributed by atoms with Gasteiger partial charge in [0.2, 0.25) is 0 Å². The van der Waals surface area contributed by atoms with Crippen LogP contribution in [-0.2, 0) is 31.8 Å². The Morgan fingerprint density at radius 1 is 1.17 bits per heavy atom. The molecule has 0 fully saturated rings. The Labute approximate surface area is 210 Å². The van der Waals surface area contributed by atoms with Crippen molar-refractivity contribution in [3.63, 3.8) is 0 Å². The molecule has 0 spiro atoms. The first-order chi connectivity index (χ1) is 17.0. The molecule has 2 unspecified atom stereocenters. The largest absolute Gasteiger partial charge is 0.465 e. The maximum atomic E-state index is 12.9. The molecular formula is C24H26N2O9S. The van der Waals surface area contributed by atoms with Crippen LogP contribution in [-0.4, -0.2) is 48.6 Å². The Bertz CT molecular complexity index is 1220.